The van der Waals surface area contributed by atoms with Crippen molar-refractivity contribution in [3.63, 3.8) is 0 Å². The van der Waals surface area contributed by atoms with E-state index in [1.165, 1.54) is 0 Å². The number of carbonyl (C=O) groups excluding carboxylic acids is 2. The molecule has 1 rings (SSSR count). The predicted molar refractivity (Wildman–Crippen MR) is 19.3 cm³/mol. The van der Waals surface area contributed by atoms with E-state index >= 15 is 0 Å². The zero-order valence-corrected chi connectivity index (χ0v) is 3.34. The maximum atomic E-state index is 9.97. The van der Waals surface area contributed by atoms with Gasteiger partial charge in [-0.05, 0) is 0 Å². The van der Waals surface area contributed by atoms with Gasteiger partial charge in [-0.25, -0.2) is 9.60 Å². The Morgan fingerprint density at radius 1 is 1.43 bits per heavy atom. The van der Waals surface area contributed by atoms with E-state index in [1.54, 1.807) is 0 Å². The van der Waals surface area contributed by atoms with Crippen LogP contribution in [0.5, 0.6) is 0 Å². The third-order valence-electron chi connectivity index (χ3n) is 0.552. The van der Waals surface area contributed by atoms with Crippen LogP contribution in [0.25, 0.3) is 0 Å². The standard InChI is InChI=1S/C2HBO4/c4-1-2(5)6-7-3-1/h3H. The number of rotatable bonds is 0. The molecule has 1 heterocycles. The summed E-state index contributed by atoms with van der Waals surface area (Å²) < 4.78 is 0. The summed E-state index contributed by atoms with van der Waals surface area (Å²) in [5.74, 6) is -0.903. The molecule has 1 fully saturated rings. The van der Waals surface area contributed by atoms with Crippen LogP contribution in [0.4, 0.5) is 0 Å². The summed E-state index contributed by atoms with van der Waals surface area (Å²) in [5.41, 5.74) is -0.625. The van der Waals surface area contributed by atoms with Gasteiger partial charge in [0.25, 0.3) is 0 Å². The van der Waals surface area contributed by atoms with Crippen molar-refractivity contribution in [1.82, 2.24) is 0 Å². The lowest BCUT2D eigenvalue weighted by Gasteiger charge is -1.79. The summed E-state index contributed by atoms with van der Waals surface area (Å²) in [4.78, 5) is 27.6. The van der Waals surface area contributed by atoms with Crippen molar-refractivity contribution in [2.24, 2.45) is 0 Å². The van der Waals surface area contributed by atoms with E-state index in [0.29, 0.717) is 0 Å². The summed E-state index contributed by atoms with van der Waals surface area (Å²) in [6.45, 7) is 0. The van der Waals surface area contributed by atoms with Gasteiger partial charge in [0, 0.05) is 0 Å². The van der Waals surface area contributed by atoms with Crippen LogP contribution in [-0.4, -0.2) is 19.1 Å². The molecule has 0 spiro atoms. The number of hydrogen-bond acceptors (Lipinski definition) is 4. The van der Waals surface area contributed by atoms with Crippen molar-refractivity contribution < 1.29 is 19.3 Å². The second kappa shape index (κ2) is 1.34. The minimum Gasteiger partial charge on any atom is -0.306 e. The van der Waals surface area contributed by atoms with E-state index in [4.69, 9.17) is 0 Å². The fourth-order valence-corrected chi connectivity index (χ4v) is 0.242. The van der Waals surface area contributed by atoms with Gasteiger partial charge in [-0.2, -0.15) is 0 Å². The Hall–Kier alpha value is -0.835. The second-order valence-electron chi connectivity index (χ2n) is 1.06. The van der Waals surface area contributed by atoms with Crippen molar-refractivity contribution >= 4 is 19.1 Å². The normalized spacial score (nSPS) is 18.9. The maximum Gasteiger partial charge on any atom is 0.428 e. The molecule has 0 bridgehead atoms. The summed E-state index contributed by atoms with van der Waals surface area (Å²) in [6.07, 6.45) is 0. The van der Waals surface area contributed by atoms with Crippen LogP contribution in [-0.2, 0) is 19.3 Å². The topological polar surface area (TPSA) is 52.6 Å². The largest absolute Gasteiger partial charge is 0.428 e. The van der Waals surface area contributed by atoms with E-state index in [2.05, 4.69) is 9.69 Å². The maximum absolute atomic E-state index is 9.97. The molecule has 0 saturated carbocycles. The van der Waals surface area contributed by atoms with Crippen LogP contribution in [0.3, 0.4) is 0 Å². The molecule has 0 N–H and O–H groups in total. The first kappa shape index (κ1) is 4.33. The van der Waals surface area contributed by atoms with Crippen LogP contribution in [0, 0.1) is 0 Å². The Bertz CT molecular complexity index is 105. The van der Waals surface area contributed by atoms with E-state index < -0.39 is 11.7 Å². The highest BCUT2D eigenvalue weighted by Gasteiger charge is 2.26. The Morgan fingerprint density at radius 2 is 2.14 bits per heavy atom. The first-order chi connectivity index (χ1) is 3.30. The van der Waals surface area contributed by atoms with Crippen LogP contribution >= 0.6 is 0 Å². The Balaban J connectivity index is 2.65. The van der Waals surface area contributed by atoms with Crippen LogP contribution in [0.15, 0.2) is 0 Å². The van der Waals surface area contributed by atoms with E-state index in [0.717, 1.165) is 0 Å². The molecule has 0 unspecified atom stereocenters. The molecule has 5 heteroatoms. The molecule has 0 aromatic carbocycles. The molecular formula is C2HBO4. The minimum atomic E-state index is -0.903. The SMILES string of the molecule is O=C1BOOC1=O. The van der Waals surface area contributed by atoms with Crippen LogP contribution < -0.4 is 0 Å². The highest BCUT2D eigenvalue weighted by Crippen LogP contribution is 1.89. The smallest absolute Gasteiger partial charge is 0.306 e. The fraction of sp³-hybridized carbons (Fsp3) is 0. The van der Waals surface area contributed by atoms with Crippen molar-refractivity contribution in [2.45, 2.75) is 0 Å². The van der Waals surface area contributed by atoms with Crippen molar-refractivity contribution in [3.8, 4) is 0 Å². The Morgan fingerprint density at radius 3 is 2.29 bits per heavy atom. The van der Waals surface area contributed by atoms with Gasteiger partial charge >= 0.3 is 13.5 Å². The van der Waals surface area contributed by atoms with E-state index in [1.807, 2.05) is 0 Å². The van der Waals surface area contributed by atoms with Gasteiger partial charge in [-0.15, -0.1) is 0 Å². The molecule has 1 aliphatic heterocycles. The molecule has 0 radical (unpaired) electrons. The summed E-state index contributed by atoms with van der Waals surface area (Å²) in [6, 6.07) is 0. The molecule has 0 aliphatic carbocycles. The van der Waals surface area contributed by atoms with E-state index in [9.17, 15) is 9.59 Å². The van der Waals surface area contributed by atoms with Crippen LogP contribution in [0.2, 0.25) is 0 Å². The zero-order valence-electron chi connectivity index (χ0n) is 3.34. The molecule has 0 aromatic heterocycles. The molecule has 1 aliphatic rings. The minimum absolute atomic E-state index is 0.237. The molecule has 4 nitrogen and oxygen atoms in total. The molecule has 7 heavy (non-hydrogen) atoms. The molecule has 0 aromatic rings. The van der Waals surface area contributed by atoms with Gasteiger partial charge in [-0.1, -0.05) is 0 Å². The van der Waals surface area contributed by atoms with Gasteiger partial charge in [0.1, 0.15) is 0 Å². The van der Waals surface area contributed by atoms with Gasteiger partial charge < -0.3 is 4.89 Å². The average Bonchev–Trinajstić information content (AvgIpc) is 1.91. The van der Waals surface area contributed by atoms with Crippen molar-refractivity contribution in [1.29, 1.82) is 0 Å². The lowest BCUT2D eigenvalue weighted by molar-refractivity contribution is -0.200. The van der Waals surface area contributed by atoms with Gasteiger partial charge in [0.2, 0.25) is 5.68 Å². The monoisotopic (exact) mass is 100.0 g/mol. The second-order valence-corrected chi connectivity index (χ2v) is 1.06. The number of hydrogen-bond donors (Lipinski definition) is 0. The molecule has 0 amide bonds. The van der Waals surface area contributed by atoms with Crippen molar-refractivity contribution in [3.05, 3.63) is 0 Å². The fourth-order valence-electron chi connectivity index (χ4n) is 0.242. The third-order valence-corrected chi connectivity index (χ3v) is 0.552. The Kier molecular flexibility index (Phi) is 0.831. The van der Waals surface area contributed by atoms with Crippen LogP contribution in [0.1, 0.15) is 0 Å². The number of carbonyl (C=O) groups is 2. The molecule has 0 atom stereocenters. The highest BCUT2D eigenvalue weighted by atomic mass is 17.2. The first-order valence-corrected chi connectivity index (χ1v) is 1.67. The lowest BCUT2D eigenvalue weighted by atomic mass is 9.96. The third kappa shape index (κ3) is 0.616. The average molecular weight is 99.8 g/mol. The molecular weight excluding hydrogens is 98.8 g/mol. The first-order valence-electron chi connectivity index (χ1n) is 1.67. The summed E-state index contributed by atoms with van der Waals surface area (Å²) in [5, 5.41) is 0. The predicted octanol–water partition coefficient (Wildman–Crippen LogP) is -1.65. The quantitative estimate of drug-likeness (QED) is 0.208. The summed E-state index contributed by atoms with van der Waals surface area (Å²) >= 11 is 0. The van der Waals surface area contributed by atoms with E-state index in [-0.39, 0.29) is 7.48 Å². The van der Waals surface area contributed by atoms with Gasteiger partial charge in [-0.3, -0.25) is 4.79 Å². The highest BCUT2D eigenvalue weighted by molar-refractivity contribution is 6.85. The molecule has 36 valence electrons. The van der Waals surface area contributed by atoms with Crippen molar-refractivity contribution in [2.75, 3.05) is 0 Å². The zero-order chi connectivity index (χ0) is 5.28. The summed E-state index contributed by atoms with van der Waals surface area (Å²) in [7, 11) is -0.237. The van der Waals surface area contributed by atoms with Gasteiger partial charge in [0.15, 0.2) is 0 Å². The van der Waals surface area contributed by atoms with Gasteiger partial charge in [0.05, 0.1) is 0 Å². The molecule has 1 saturated heterocycles. The Labute approximate surface area is 39.6 Å². The lowest BCUT2D eigenvalue weighted by Crippen LogP contribution is -2.09.